The topological polar surface area (TPSA) is 122 Å². The number of nitrogens with zero attached hydrogens (tertiary/aromatic N) is 7. The van der Waals surface area contributed by atoms with Gasteiger partial charge in [0.1, 0.15) is 10.8 Å². The molecule has 1 aliphatic rings. The van der Waals surface area contributed by atoms with Crippen LogP contribution in [0.25, 0.3) is 11.6 Å². The normalized spacial score (nSPS) is 14.0. The monoisotopic (exact) mass is 451 g/mol. The Hall–Kier alpha value is -3.83. The van der Waals surface area contributed by atoms with Crippen LogP contribution in [-0.4, -0.2) is 61.2 Å². The van der Waals surface area contributed by atoms with E-state index < -0.39 is 11.6 Å². The van der Waals surface area contributed by atoms with Gasteiger partial charge in [0.15, 0.2) is 5.82 Å². The number of pyridine rings is 2. The third-order valence-corrected chi connectivity index (χ3v) is 5.26. The third kappa shape index (κ3) is 3.79. The van der Waals surface area contributed by atoms with E-state index in [-0.39, 0.29) is 22.4 Å². The van der Waals surface area contributed by atoms with Gasteiger partial charge in [0.2, 0.25) is 0 Å². The number of halogens is 1. The van der Waals surface area contributed by atoms with Gasteiger partial charge in [-0.15, -0.1) is 5.10 Å². The summed E-state index contributed by atoms with van der Waals surface area (Å²) in [5.74, 6) is -0.0952. The maximum atomic E-state index is 13.0. The Morgan fingerprint density at radius 3 is 2.81 bits per heavy atom. The second kappa shape index (κ2) is 8.36. The van der Waals surface area contributed by atoms with Crippen LogP contribution in [0.2, 0.25) is 5.15 Å². The highest BCUT2D eigenvalue weighted by Gasteiger charge is 2.18. The van der Waals surface area contributed by atoms with Crippen molar-refractivity contribution in [3.8, 4) is 5.82 Å². The molecule has 0 atom stereocenters. The summed E-state index contributed by atoms with van der Waals surface area (Å²) >= 11 is 5.88. The van der Waals surface area contributed by atoms with E-state index >= 15 is 0 Å². The molecule has 1 aliphatic heterocycles. The number of amides is 1. The summed E-state index contributed by atoms with van der Waals surface area (Å²) in [6.07, 6.45) is 4.79. The fourth-order valence-electron chi connectivity index (χ4n) is 3.51. The Kier molecular flexibility index (Phi) is 5.25. The van der Waals surface area contributed by atoms with E-state index in [1.807, 2.05) is 6.07 Å². The molecule has 4 aromatic heterocycles. The zero-order valence-corrected chi connectivity index (χ0v) is 17.5. The van der Waals surface area contributed by atoms with E-state index in [2.05, 4.69) is 35.6 Å². The number of aromatic nitrogens is 6. The first kappa shape index (κ1) is 20.1. The summed E-state index contributed by atoms with van der Waals surface area (Å²) < 4.78 is 2.32. The molecule has 0 aromatic carbocycles. The van der Waals surface area contributed by atoms with Crippen LogP contribution in [-0.2, 0) is 0 Å². The molecule has 32 heavy (non-hydrogen) atoms. The van der Waals surface area contributed by atoms with Gasteiger partial charge < -0.3 is 15.5 Å². The van der Waals surface area contributed by atoms with E-state index in [0.717, 1.165) is 36.5 Å². The predicted molar refractivity (Wildman–Crippen MR) is 119 cm³/mol. The summed E-state index contributed by atoms with van der Waals surface area (Å²) in [5, 5.41) is 10.6. The number of carbonyl (C=O) groups is 1. The number of hydrogen-bond donors (Lipinski definition) is 2. The first-order chi connectivity index (χ1) is 15.6. The van der Waals surface area contributed by atoms with Crippen molar-refractivity contribution in [2.75, 3.05) is 36.4 Å². The van der Waals surface area contributed by atoms with Crippen molar-refractivity contribution in [1.82, 2.24) is 34.4 Å². The van der Waals surface area contributed by atoms with Crippen LogP contribution in [0.3, 0.4) is 0 Å². The Labute approximate surface area is 186 Å². The van der Waals surface area contributed by atoms with Gasteiger partial charge in [-0.3, -0.25) is 9.78 Å². The Morgan fingerprint density at radius 2 is 1.97 bits per heavy atom. The van der Waals surface area contributed by atoms with Crippen LogP contribution in [0, 0.1) is 0 Å². The number of nitrogens with one attached hydrogen (secondary N) is 2. The maximum Gasteiger partial charge on any atom is 0.357 e. The SMILES string of the molecule is O=C(Nc1cnccc1N1CCNCC1)c1cccc(-n2nc3nc(Cl)ccn3c2=O)n1. The van der Waals surface area contributed by atoms with Gasteiger partial charge in [-0.05, 0) is 24.3 Å². The van der Waals surface area contributed by atoms with Crippen LogP contribution in [0.1, 0.15) is 10.5 Å². The predicted octanol–water partition coefficient (Wildman–Crippen LogP) is 0.985. The zero-order chi connectivity index (χ0) is 22.1. The van der Waals surface area contributed by atoms with E-state index in [0.29, 0.717) is 5.69 Å². The molecule has 1 fully saturated rings. The number of carbonyl (C=O) groups excluding carboxylic acids is 1. The van der Waals surface area contributed by atoms with E-state index in [1.54, 1.807) is 30.6 Å². The molecule has 2 N–H and O–H groups in total. The molecule has 1 amide bonds. The van der Waals surface area contributed by atoms with Crippen LogP contribution in [0.5, 0.6) is 0 Å². The summed E-state index contributed by atoms with van der Waals surface area (Å²) in [4.78, 5) is 40.3. The minimum atomic E-state index is -0.470. The standard InChI is InChI=1S/C20H18ClN9O2/c21-16-5-9-29-19(26-16)27-30(20(29)32)17-3-1-2-13(24-17)18(31)25-14-12-23-6-4-15(14)28-10-7-22-8-11-28/h1-6,9,12,22H,7-8,10-11H2,(H,25,31). The molecule has 0 unspecified atom stereocenters. The molecule has 0 saturated carbocycles. The number of hydrogen-bond acceptors (Lipinski definition) is 8. The van der Waals surface area contributed by atoms with Gasteiger partial charge >= 0.3 is 5.69 Å². The highest BCUT2D eigenvalue weighted by Crippen LogP contribution is 2.25. The fourth-order valence-corrected chi connectivity index (χ4v) is 3.64. The van der Waals surface area contributed by atoms with Crippen LogP contribution >= 0.6 is 11.6 Å². The minimum absolute atomic E-state index is 0.132. The average Bonchev–Trinajstić information content (AvgIpc) is 3.15. The minimum Gasteiger partial charge on any atom is -0.367 e. The van der Waals surface area contributed by atoms with Crippen LogP contribution in [0.4, 0.5) is 11.4 Å². The molecule has 0 aliphatic carbocycles. The largest absolute Gasteiger partial charge is 0.367 e. The van der Waals surface area contributed by atoms with Crippen molar-refractivity contribution in [3.05, 3.63) is 70.3 Å². The molecule has 5 rings (SSSR count). The lowest BCUT2D eigenvalue weighted by Gasteiger charge is -2.30. The molecule has 4 aromatic rings. The molecule has 5 heterocycles. The average molecular weight is 452 g/mol. The zero-order valence-electron chi connectivity index (χ0n) is 16.8. The molecular formula is C20H18ClN9O2. The summed E-state index contributed by atoms with van der Waals surface area (Å²) in [6.45, 7) is 3.39. The number of anilines is 2. The lowest BCUT2D eigenvalue weighted by molar-refractivity contribution is 0.102. The summed E-state index contributed by atoms with van der Waals surface area (Å²) in [5.41, 5.74) is 1.15. The molecule has 0 radical (unpaired) electrons. The van der Waals surface area contributed by atoms with E-state index in [9.17, 15) is 9.59 Å². The maximum absolute atomic E-state index is 13.0. The number of piperazine rings is 1. The Bertz CT molecular complexity index is 1360. The number of rotatable bonds is 4. The molecule has 1 saturated heterocycles. The first-order valence-electron chi connectivity index (χ1n) is 9.92. The lowest BCUT2D eigenvalue weighted by atomic mass is 10.2. The molecule has 0 bridgehead atoms. The Morgan fingerprint density at radius 1 is 1.12 bits per heavy atom. The summed E-state index contributed by atoms with van der Waals surface area (Å²) in [6, 6.07) is 8.15. The smallest absolute Gasteiger partial charge is 0.357 e. The molecule has 11 nitrogen and oxygen atoms in total. The van der Waals surface area contributed by atoms with Gasteiger partial charge in [0.25, 0.3) is 11.7 Å². The van der Waals surface area contributed by atoms with Gasteiger partial charge in [-0.1, -0.05) is 17.7 Å². The van der Waals surface area contributed by atoms with Gasteiger partial charge in [-0.25, -0.2) is 14.2 Å². The van der Waals surface area contributed by atoms with Gasteiger partial charge in [0, 0.05) is 38.6 Å². The van der Waals surface area contributed by atoms with Crippen LogP contribution in [0.15, 0.2) is 53.7 Å². The second-order valence-corrected chi connectivity index (χ2v) is 7.47. The highest BCUT2D eigenvalue weighted by atomic mass is 35.5. The Balaban J connectivity index is 1.44. The van der Waals surface area contributed by atoms with Gasteiger partial charge in [0.05, 0.1) is 17.6 Å². The van der Waals surface area contributed by atoms with Gasteiger partial charge in [-0.2, -0.15) is 9.67 Å². The molecule has 12 heteroatoms. The van der Waals surface area contributed by atoms with Crippen molar-refractivity contribution in [2.24, 2.45) is 0 Å². The first-order valence-corrected chi connectivity index (χ1v) is 10.3. The van der Waals surface area contributed by atoms with Crippen molar-refractivity contribution >= 4 is 34.7 Å². The summed E-state index contributed by atoms with van der Waals surface area (Å²) in [7, 11) is 0. The van der Waals surface area contributed by atoms with Crippen molar-refractivity contribution < 1.29 is 4.79 Å². The molecule has 162 valence electrons. The van der Waals surface area contributed by atoms with E-state index in [1.165, 1.54) is 16.7 Å². The third-order valence-electron chi connectivity index (χ3n) is 5.05. The van der Waals surface area contributed by atoms with Crippen molar-refractivity contribution in [1.29, 1.82) is 0 Å². The molecule has 0 spiro atoms. The van der Waals surface area contributed by atoms with Crippen molar-refractivity contribution in [2.45, 2.75) is 0 Å². The second-order valence-electron chi connectivity index (χ2n) is 7.08. The number of fused-ring (bicyclic) bond motifs is 1. The van der Waals surface area contributed by atoms with Crippen molar-refractivity contribution in [3.63, 3.8) is 0 Å². The van der Waals surface area contributed by atoms with Crippen LogP contribution < -0.4 is 21.2 Å². The fraction of sp³-hybridized carbons (Fsp3) is 0.200. The quantitative estimate of drug-likeness (QED) is 0.440. The molecular weight excluding hydrogens is 434 g/mol. The highest BCUT2D eigenvalue weighted by molar-refractivity contribution is 6.29. The van der Waals surface area contributed by atoms with E-state index in [4.69, 9.17) is 11.6 Å². The lowest BCUT2D eigenvalue weighted by Crippen LogP contribution is -2.43.